The van der Waals surface area contributed by atoms with Gasteiger partial charge in [-0.25, -0.2) is 21.9 Å². The first-order chi connectivity index (χ1) is 9.81. The Balaban J connectivity index is 2.24. The van der Waals surface area contributed by atoms with Crippen LogP contribution in [0.15, 0.2) is 41.3 Å². The molecule has 0 spiro atoms. The van der Waals surface area contributed by atoms with E-state index >= 15 is 0 Å². The molecule has 0 atom stereocenters. The van der Waals surface area contributed by atoms with Crippen molar-refractivity contribution in [2.24, 2.45) is 0 Å². The quantitative estimate of drug-likeness (QED) is 0.845. The van der Waals surface area contributed by atoms with Gasteiger partial charge in [-0.05, 0) is 29.8 Å². The normalized spacial score (nSPS) is 11.6. The predicted octanol–water partition coefficient (Wildman–Crippen LogP) is 2.68. The second kappa shape index (κ2) is 5.97. The van der Waals surface area contributed by atoms with Crippen LogP contribution >= 0.6 is 11.6 Å². The van der Waals surface area contributed by atoms with Crippen LogP contribution in [0.1, 0.15) is 5.56 Å². The fourth-order valence-electron chi connectivity index (χ4n) is 1.71. The molecule has 0 bridgehead atoms. The third kappa shape index (κ3) is 3.49. The summed E-state index contributed by atoms with van der Waals surface area (Å²) in [4.78, 5) is -0.613. The average molecular weight is 333 g/mol. The van der Waals surface area contributed by atoms with E-state index in [1.165, 1.54) is 24.3 Å². The van der Waals surface area contributed by atoms with Crippen molar-refractivity contribution in [2.45, 2.75) is 11.4 Å². The maximum absolute atomic E-state index is 13.6. The molecule has 0 saturated heterocycles. The average Bonchev–Trinajstić information content (AvgIpc) is 2.40. The molecule has 0 aromatic heterocycles. The summed E-state index contributed by atoms with van der Waals surface area (Å²) >= 11 is 5.60. The highest BCUT2D eigenvalue weighted by Crippen LogP contribution is 2.22. The summed E-state index contributed by atoms with van der Waals surface area (Å²) in [5, 5.41) is -0.128. The minimum Gasteiger partial charge on any atom is -0.398 e. The minimum atomic E-state index is -4.13. The van der Waals surface area contributed by atoms with E-state index in [-0.39, 0.29) is 17.3 Å². The lowest BCUT2D eigenvalue weighted by Gasteiger charge is -2.10. The van der Waals surface area contributed by atoms with Gasteiger partial charge in [0, 0.05) is 6.54 Å². The summed E-state index contributed by atoms with van der Waals surface area (Å²) < 4.78 is 52.9. The number of sulfonamides is 1. The van der Waals surface area contributed by atoms with Gasteiger partial charge >= 0.3 is 0 Å². The highest BCUT2D eigenvalue weighted by atomic mass is 35.5. The first-order valence-electron chi connectivity index (χ1n) is 5.79. The van der Waals surface area contributed by atoms with Crippen LogP contribution in [0.2, 0.25) is 5.02 Å². The van der Waals surface area contributed by atoms with Crippen molar-refractivity contribution < 1.29 is 17.2 Å². The predicted molar refractivity (Wildman–Crippen MR) is 76.2 cm³/mol. The lowest BCUT2D eigenvalue weighted by molar-refractivity contribution is 0.558. The van der Waals surface area contributed by atoms with Crippen molar-refractivity contribution in [1.29, 1.82) is 0 Å². The third-order valence-electron chi connectivity index (χ3n) is 2.72. The lowest BCUT2D eigenvalue weighted by Crippen LogP contribution is -2.25. The lowest BCUT2D eigenvalue weighted by atomic mass is 10.2. The molecule has 2 rings (SSSR count). The zero-order valence-electron chi connectivity index (χ0n) is 10.6. The van der Waals surface area contributed by atoms with Gasteiger partial charge in [0.05, 0.1) is 10.7 Å². The van der Waals surface area contributed by atoms with E-state index < -0.39 is 26.6 Å². The molecule has 2 aromatic rings. The van der Waals surface area contributed by atoms with Crippen LogP contribution in [0.25, 0.3) is 0 Å². The van der Waals surface area contributed by atoms with E-state index in [1.54, 1.807) is 0 Å². The number of benzene rings is 2. The van der Waals surface area contributed by atoms with E-state index in [4.69, 9.17) is 17.3 Å². The van der Waals surface area contributed by atoms with Crippen LogP contribution in [0, 0.1) is 11.6 Å². The molecule has 0 aliphatic rings. The van der Waals surface area contributed by atoms with E-state index in [2.05, 4.69) is 4.72 Å². The molecule has 4 nitrogen and oxygen atoms in total. The van der Waals surface area contributed by atoms with Gasteiger partial charge in [0.1, 0.15) is 16.5 Å². The van der Waals surface area contributed by atoms with Crippen molar-refractivity contribution in [3.63, 3.8) is 0 Å². The minimum absolute atomic E-state index is 0.128. The number of rotatable bonds is 4. The van der Waals surface area contributed by atoms with Gasteiger partial charge < -0.3 is 5.73 Å². The van der Waals surface area contributed by atoms with Crippen molar-refractivity contribution in [3.8, 4) is 0 Å². The zero-order chi connectivity index (χ0) is 15.6. The van der Waals surface area contributed by atoms with Gasteiger partial charge in [-0.3, -0.25) is 0 Å². The maximum atomic E-state index is 13.6. The number of nitrogens with one attached hydrogen (secondary N) is 1. The summed E-state index contributed by atoms with van der Waals surface area (Å²) in [5.74, 6) is -1.55. The smallest absolute Gasteiger partial charge is 0.245 e. The number of nitrogens with two attached hydrogens (primary N) is 1. The van der Waals surface area contributed by atoms with Gasteiger partial charge in [0.2, 0.25) is 10.0 Å². The Bertz CT molecular complexity index is 761. The second-order valence-electron chi connectivity index (χ2n) is 4.23. The van der Waals surface area contributed by atoms with Crippen LogP contribution in [0.5, 0.6) is 0 Å². The molecule has 112 valence electrons. The standard InChI is InChI=1S/C13H11ClF2N2O2S/c14-9-6-8(4-5-10(9)15)7-18-21(19,20)13-11(16)2-1-3-12(13)17/h1-6,18H,7,17H2. The highest BCUT2D eigenvalue weighted by molar-refractivity contribution is 7.89. The van der Waals surface area contributed by atoms with Crippen LogP contribution in [0.3, 0.4) is 0 Å². The van der Waals surface area contributed by atoms with E-state index in [9.17, 15) is 17.2 Å². The summed E-state index contributed by atoms with van der Waals surface area (Å²) in [6.45, 7) is -0.171. The monoisotopic (exact) mass is 332 g/mol. The van der Waals surface area contributed by atoms with Crippen molar-refractivity contribution in [3.05, 3.63) is 58.6 Å². The molecule has 0 heterocycles. The van der Waals surface area contributed by atoms with Gasteiger partial charge in [-0.2, -0.15) is 0 Å². The molecule has 0 radical (unpaired) electrons. The van der Waals surface area contributed by atoms with Gasteiger partial charge in [-0.15, -0.1) is 0 Å². The first kappa shape index (κ1) is 15.7. The topological polar surface area (TPSA) is 72.2 Å². The van der Waals surface area contributed by atoms with E-state index in [0.717, 1.165) is 12.1 Å². The zero-order valence-corrected chi connectivity index (χ0v) is 12.2. The molecule has 3 N–H and O–H groups in total. The number of hydrogen-bond donors (Lipinski definition) is 2. The van der Waals surface area contributed by atoms with Crippen LogP contribution in [-0.2, 0) is 16.6 Å². The molecular weight excluding hydrogens is 322 g/mol. The Morgan fingerprint density at radius 3 is 2.48 bits per heavy atom. The number of hydrogen-bond acceptors (Lipinski definition) is 3. The molecule has 0 saturated carbocycles. The molecule has 8 heteroatoms. The van der Waals surface area contributed by atoms with E-state index in [0.29, 0.717) is 5.56 Å². The summed E-state index contributed by atoms with van der Waals surface area (Å²) in [5.41, 5.74) is 5.73. The number of nitrogen functional groups attached to an aromatic ring is 1. The first-order valence-corrected chi connectivity index (χ1v) is 7.65. The highest BCUT2D eigenvalue weighted by Gasteiger charge is 2.21. The SMILES string of the molecule is Nc1cccc(F)c1S(=O)(=O)NCc1ccc(F)c(Cl)c1. The largest absolute Gasteiger partial charge is 0.398 e. The molecule has 0 fully saturated rings. The second-order valence-corrected chi connectivity index (χ2v) is 6.34. The molecule has 2 aromatic carbocycles. The third-order valence-corrected chi connectivity index (χ3v) is 4.50. The maximum Gasteiger partial charge on any atom is 0.245 e. The molecule has 0 aliphatic carbocycles. The van der Waals surface area contributed by atoms with Gasteiger partial charge in [-0.1, -0.05) is 23.7 Å². The summed E-state index contributed by atoms with van der Waals surface area (Å²) in [7, 11) is -4.13. The Hall–Kier alpha value is -1.70. The molecule has 21 heavy (non-hydrogen) atoms. The Morgan fingerprint density at radius 1 is 1.14 bits per heavy atom. The molecule has 0 unspecified atom stereocenters. The Morgan fingerprint density at radius 2 is 1.86 bits per heavy atom. The Labute approximate surface area is 125 Å². The molecule has 0 amide bonds. The number of halogens is 3. The van der Waals surface area contributed by atoms with E-state index in [1.807, 2.05) is 0 Å². The van der Waals surface area contributed by atoms with Crippen molar-refractivity contribution >= 4 is 27.3 Å². The Kier molecular flexibility index (Phi) is 4.46. The molecule has 0 aliphatic heterocycles. The van der Waals surface area contributed by atoms with Gasteiger partial charge in [0.15, 0.2) is 0 Å². The van der Waals surface area contributed by atoms with Crippen LogP contribution in [0.4, 0.5) is 14.5 Å². The fraction of sp³-hybridized carbons (Fsp3) is 0.0769. The molecular formula is C13H11ClF2N2O2S. The van der Waals surface area contributed by atoms with Crippen LogP contribution < -0.4 is 10.5 Å². The van der Waals surface area contributed by atoms with Crippen molar-refractivity contribution in [2.75, 3.05) is 5.73 Å². The van der Waals surface area contributed by atoms with Gasteiger partial charge in [0.25, 0.3) is 0 Å². The fourth-order valence-corrected chi connectivity index (χ4v) is 3.12. The summed E-state index contributed by atoms with van der Waals surface area (Å²) in [6, 6.07) is 7.36. The summed E-state index contributed by atoms with van der Waals surface area (Å²) in [6.07, 6.45) is 0. The van der Waals surface area contributed by atoms with Crippen molar-refractivity contribution in [1.82, 2.24) is 4.72 Å². The van der Waals surface area contributed by atoms with Crippen LogP contribution in [-0.4, -0.2) is 8.42 Å². The number of anilines is 1.